The summed E-state index contributed by atoms with van der Waals surface area (Å²) in [5.74, 6) is -0.103. The van der Waals surface area contributed by atoms with Crippen LogP contribution in [0.5, 0.6) is 0 Å². The molecule has 0 aliphatic carbocycles. The van der Waals surface area contributed by atoms with Gasteiger partial charge in [-0.15, -0.1) is 0 Å². The van der Waals surface area contributed by atoms with Gasteiger partial charge in [0.2, 0.25) is 5.91 Å². The molecule has 0 aromatic rings. The molecule has 0 heterocycles. The number of amides is 1. The SMILES string of the molecule is CC/C=C\C/C=C\C/C=C\C/C=C\C/C=C\C/C=C\C/C=C\C/C=C\C/C=C\CCCCCC(=O)NC(CO)C(O)/C=C/CCCCCCCCCCCCC. The van der Waals surface area contributed by atoms with Crippen molar-refractivity contribution in [2.75, 3.05) is 6.61 Å². The molecule has 0 spiro atoms. The number of unbranched alkanes of at least 4 members (excludes halogenated alkanes) is 14. The van der Waals surface area contributed by atoms with E-state index in [4.69, 9.17) is 0 Å². The van der Waals surface area contributed by atoms with E-state index in [-0.39, 0.29) is 12.5 Å². The second kappa shape index (κ2) is 46.2. The van der Waals surface area contributed by atoms with Crippen molar-refractivity contribution >= 4 is 5.91 Å². The van der Waals surface area contributed by atoms with Crippen molar-refractivity contribution in [3.8, 4) is 0 Å². The molecule has 0 aliphatic heterocycles. The molecule has 0 aliphatic rings. The first-order chi connectivity index (χ1) is 27.7. The minimum absolute atomic E-state index is 0.103. The fourth-order valence-electron chi connectivity index (χ4n) is 5.99. The van der Waals surface area contributed by atoms with E-state index >= 15 is 0 Å². The van der Waals surface area contributed by atoms with E-state index < -0.39 is 12.1 Å². The number of rotatable bonds is 39. The van der Waals surface area contributed by atoms with Crippen molar-refractivity contribution < 1.29 is 15.0 Å². The van der Waals surface area contributed by atoms with Crippen molar-refractivity contribution in [1.82, 2.24) is 5.32 Å². The Morgan fingerprint density at radius 3 is 1.18 bits per heavy atom. The number of aliphatic hydroxyl groups is 2. The van der Waals surface area contributed by atoms with Gasteiger partial charge in [-0.2, -0.15) is 0 Å². The van der Waals surface area contributed by atoms with Crippen LogP contribution in [0.15, 0.2) is 122 Å². The van der Waals surface area contributed by atoms with Gasteiger partial charge in [-0.3, -0.25) is 4.79 Å². The lowest BCUT2D eigenvalue weighted by molar-refractivity contribution is -0.123. The zero-order chi connectivity index (χ0) is 40.7. The summed E-state index contributed by atoms with van der Waals surface area (Å²) in [5, 5.41) is 23.0. The van der Waals surface area contributed by atoms with Gasteiger partial charge in [-0.05, 0) is 89.9 Å². The summed E-state index contributed by atoms with van der Waals surface area (Å²) in [7, 11) is 0. The molecule has 4 nitrogen and oxygen atoms in total. The van der Waals surface area contributed by atoms with Crippen molar-refractivity contribution in [3.05, 3.63) is 122 Å². The van der Waals surface area contributed by atoms with E-state index in [1.165, 1.54) is 64.2 Å². The Morgan fingerprint density at radius 2 is 0.786 bits per heavy atom. The molecule has 0 saturated heterocycles. The highest BCUT2D eigenvalue weighted by Crippen LogP contribution is 2.12. The van der Waals surface area contributed by atoms with Crippen LogP contribution in [0.1, 0.15) is 181 Å². The number of allylic oxidation sites excluding steroid dienone is 19. The van der Waals surface area contributed by atoms with Crippen LogP contribution in [0.2, 0.25) is 0 Å². The summed E-state index contributed by atoms with van der Waals surface area (Å²) >= 11 is 0. The number of hydrogen-bond donors (Lipinski definition) is 3. The summed E-state index contributed by atoms with van der Waals surface area (Å²) in [5.41, 5.74) is 0. The van der Waals surface area contributed by atoms with Gasteiger partial charge in [0, 0.05) is 6.42 Å². The van der Waals surface area contributed by atoms with E-state index in [1.54, 1.807) is 6.08 Å². The molecule has 0 aromatic heterocycles. The van der Waals surface area contributed by atoms with Gasteiger partial charge >= 0.3 is 0 Å². The van der Waals surface area contributed by atoms with Gasteiger partial charge in [-0.25, -0.2) is 0 Å². The highest BCUT2D eigenvalue weighted by Gasteiger charge is 2.17. The molecule has 0 saturated carbocycles. The maximum atomic E-state index is 12.4. The third kappa shape index (κ3) is 41.9. The van der Waals surface area contributed by atoms with Gasteiger partial charge in [0.25, 0.3) is 0 Å². The van der Waals surface area contributed by atoms with Gasteiger partial charge < -0.3 is 15.5 Å². The Morgan fingerprint density at radius 1 is 0.446 bits per heavy atom. The first kappa shape index (κ1) is 52.8. The van der Waals surface area contributed by atoms with Crippen LogP contribution in [0, 0.1) is 0 Å². The normalized spacial score (nSPS) is 14.1. The van der Waals surface area contributed by atoms with E-state index in [0.717, 1.165) is 96.3 Å². The molecule has 4 heteroatoms. The standard InChI is InChI=1S/C52H85NO3/c1-3-5-7-9-11-13-15-17-18-19-20-21-22-23-24-25-26-27-28-29-30-31-32-33-34-36-38-40-42-44-46-48-52(56)53-50(49-54)51(55)47-45-43-41-39-37-35-16-14-12-10-8-6-4-2/h5,7,11,13,17-18,20-21,23-24,26-27,29-30,32-33,36,38,45,47,50-51,54-55H,3-4,6,8-10,12,14-16,19,22,25,28,31,34-35,37,39-44,46,48-49H2,1-2H3,(H,53,56)/b7-5-,13-11-,18-17-,21-20-,24-23-,27-26-,30-29-,33-32-,38-36-,47-45+. The summed E-state index contributed by atoms with van der Waals surface area (Å²) in [6.07, 6.45) is 71.6. The van der Waals surface area contributed by atoms with Crippen LogP contribution in [0.25, 0.3) is 0 Å². The van der Waals surface area contributed by atoms with Crippen LogP contribution in [-0.4, -0.2) is 34.9 Å². The molecule has 316 valence electrons. The number of hydrogen-bond acceptors (Lipinski definition) is 3. The van der Waals surface area contributed by atoms with Crippen LogP contribution in [0.3, 0.4) is 0 Å². The molecule has 2 unspecified atom stereocenters. The van der Waals surface area contributed by atoms with Gasteiger partial charge in [0.05, 0.1) is 18.8 Å². The Labute approximate surface area is 346 Å². The Bertz CT molecular complexity index is 1150. The number of aliphatic hydroxyl groups excluding tert-OH is 2. The smallest absolute Gasteiger partial charge is 0.220 e. The molecule has 0 fully saturated rings. The predicted octanol–water partition coefficient (Wildman–Crippen LogP) is 14.6. The number of carbonyl (C=O) groups is 1. The van der Waals surface area contributed by atoms with E-state index in [0.29, 0.717) is 6.42 Å². The van der Waals surface area contributed by atoms with Crippen LogP contribution in [0.4, 0.5) is 0 Å². The zero-order valence-electron chi connectivity index (χ0n) is 36.1. The molecule has 1 amide bonds. The fraction of sp³-hybridized carbons (Fsp3) is 0.596. The Balaban J connectivity index is 3.75. The lowest BCUT2D eigenvalue weighted by Gasteiger charge is -2.19. The lowest BCUT2D eigenvalue weighted by Crippen LogP contribution is -2.45. The molecule has 56 heavy (non-hydrogen) atoms. The second-order valence-corrected chi connectivity index (χ2v) is 14.7. The van der Waals surface area contributed by atoms with Gasteiger partial charge in [-0.1, -0.05) is 206 Å². The summed E-state index contributed by atoms with van der Waals surface area (Å²) < 4.78 is 0. The van der Waals surface area contributed by atoms with Crippen LogP contribution >= 0.6 is 0 Å². The maximum Gasteiger partial charge on any atom is 0.220 e. The highest BCUT2D eigenvalue weighted by molar-refractivity contribution is 5.76. The number of nitrogens with one attached hydrogen (secondary N) is 1. The summed E-state index contributed by atoms with van der Waals surface area (Å²) in [4.78, 5) is 12.4. The average molecular weight is 772 g/mol. The first-order valence-corrected chi connectivity index (χ1v) is 22.7. The van der Waals surface area contributed by atoms with Gasteiger partial charge in [0.1, 0.15) is 0 Å². The van der Waals surface area contributed by atoms with Crippen molar-refractivity contribution in [3.63, 3.8) is 0 Å². The van der Waals surface area contributed by atoms with Gasteiger partial charge in [0.15, 0.2) is 0 Å². The lowest BCUT2D eigenvalue weighted by atomic mass is 10.0. The maximum absolute atomic E-state index is 12.4. The van der Waals surface area contributed by atoms with Crippen molar-refractivity contribution in [2.45, 2.75) is 193 Å². The molecule has 0 rings (SSSR count). The van der Waals surface area contributed by atoms with Crippen LogP contribution < -0.4 is 5.32 Å². The topological polar surface area (TPSA) is 69.6 Å². The van der Waals surface area contributed by atoms with E-state index in [1.807, 2.05) is 6.08 Å². The quantitative estimate of drug-likeness (QED) is 0.0430. The Hall–Kier alpha value is -3.21. The first-order valence-electron chi connectivity index (χ1n) is 22.7. The molecule has 2 atom stereocenters. The molecule has 0 aromatic carbocycles. The zero-order valence-corrected chi connectivity index (χ0v) is 36.1. The summed E-state index contributed by atoms with van der Waals surface area (Å²) in [6.45, 7) is 4.16. The fourth-order valence-corrected chi connectivity index (χ4v) is 5.99. The highest BCUT2D eigenvalue weighted by atomic mass is 16.3. The molecular formula is C52H85NO3. The molecule has 3 N–H and O–H groups in total. The largest absolute Gasteiger partial charge is 0.394 e. The second-order valence-electron chi connectivity index (χ2n) is 14.7. The minimum atomic E-state index is -0.861. The van der Waals surface area contributed by atoms with Crippen molar-refractivity contribution in [2.24, 2.45) is 0 Å². The molecular weight excluding hydrogens is 687 g/mol. The third-order valence-electron chi connectivity index (χ3n) is 9.45. The predicted molar refractivity (Wildman–Crippen MR) is 248 cm³/mol. The number of carbonyl (C=O) groups excluding carboxylic acids is 1. The monoisotopic (exact) mass is 772 g/mol. The van der Waals surface area contributed by atoms with E-state index in [2.05, 4.69) is 129 Å². The minimum Gasteiger partial charge on any atom is -0.394 e. The molecule has 0 bridgehead atoms. The van der Waals surface area contributed by atoms with Crippen LogP contribution in [-0.2, 0) is 4.79 Å². The molecule has 0 radical (unpaired) electrons. The average Bonchev–Trinajstić information content (AvgIpc) is 3.20. The summed E-state index contributed by atoms with van der Waals surface area (Å²) in [6, 6.07) is -0.648. The Kier molecular flexibility index (Phi) is 43.5. The third-order valence-corrected chi connectivity index (χ3v) is 9.45. The van der Waals surface area contributed by atoms with E-state index in [9.17, 15) is 15.0 Å². The van der Waals surface area contributed by atoms with Crippen molar-refractivity contribution in [1.29, 1.82) is 0 Å².